The lowest BCUT2D eigenvalue weighted by molar-refractivity contribution is 0.0131. The van der Waals surface area contributed by atoms with E-state index in [0.29, 0.717) is 0 Å². The number of hydrogen-bond donors (Lipinski definition) is 5. The number of amides is 1. The summed E-state index contributed by atoms with van der Waals surface area (Å²) in [4.78, 5) is 21.9. The predicted molar refractivity (Wildman–Crippen MR) is 108 cm³/mol. The summed E-state index contributed by atoms with van der Waals surface area (Å²) in [5.74, 6) is -4.23. The van der Waals surface area contributed by atoms with Gasteiger partial charge < -0.3 is 15.5 Å². The predicted octanol–water partition coefficient (Wildman–Crippen LogP) is 1.53. The molecule has 2 rings (SSSR count). The maximum atomic E-state index is 14.7. The zero-order valence-electron chi connectivity index (χ0n) is 15.0. The molecular formula is C17H19F3IN3O5. The van der Waals surface area contributed by atoms with Gasteiger partial charge in [-0.25, -0.2) is 18.7 Å². The molecule has 0 bridgehead atoms. The smallest absolute Gasteiger partial charge is 0.277 e. The normalized spacial score (nSPS) is 13.4. The summed E-state index contributed by atoms with van der Waals surface area (Å²) in [7, 11) is 0. The number of benzene rings is 1. The number of carbonyl (C=O) groups is 1. The van der Waals surface area contributed by atoms with Crippen LogP contribution in [-0.2, 0) is 16.2 Å². The van der Waals surface area contributed by atoms with Crippen molar-refractivity contribution in [1.82, 2.24) is 11.0 Å². The van der Waals surface area contributed by atoms with Crippen LogP contribution >= 0.6 is 20.7 Å². The van der Waals surface area contributed by atoms with E-state index in [9.17, 15) is 18.0 Å². The fourth-order valence-electron chi connectivity index (χ4n) is 2.14. The van der Waals surface area contributed by atoms with Gasteiger partial charge in [0.2, 0.25) is 0 Å². The molecule has 8 nitrogen and oxygen atoms in total. The number of rotatable bonds is 11. The fraction of sp³-hybridized carbons (Fsp3) is 0.294. The van der Waals surface area contributed by atoms with Crippen molar-refractivity contribution < 1.29 is 37.9 Å². The molecular weight excluding hydrogens is 510 g/mol. The Kier molecular flexibility index (Phi) is 9.69. The number of carbonyl (C=O) groups excluding carboxylic acids is 1. The maximum absolute atomic E-state index is 14.7. The highest BCUT2D eigenvalue weighted by atomic mass is 127. The van der Waals surface area contributed by atoms with Crippen LogP contribution in [0.1, 0.15) is 15.9 Å². The van der Waals surface area contributed by atoms with E-state index in [0.717, 1.165) is 6.07 Å². The van der Waals surface area contributed by atoms with E-state index < -0.39 is 49.8 Å². The molecule has 1 aliphatic rings. The number of hydroxylamine groups is 2. The van der Waals surface area contributed by atoms with Gasteiger partial charge in [-0.05, 0) is 16.2 Å². The molecule has 0 saturated carbocycles. The first-order chi connectivity index (χ1) is 14.0. The Hall–Kier alpha value is -1.84. The Labute approximate surface area is 174 Å². The maximum Gasteiger partial charge on any atom is 0.277 e. The van der Waals surface area contributed by atoms with Crippen molar-refractivity contribution in [2.75, 3.05) is 31.7 Å². The van der Waals surface area contributed by atoms with E-state index in [4.69, 9.17) is 19.9 Å². The first-order valence-corrected chi connectivity index (χ1v) is 10.8. The second-order valence-corrected chi connectivity index (χ2v) is 7.46. The van der Waals surface area contributed by atoms with Gasteiger partial charge in [0.15, 0.2) is 17.5 Å². The third-order valence-electron chi connectivity index (χ3n) is 3.42. The van der Waals surface area contributed by atoms with Crippen molar-refractivity contribution >= 4 is 36.3 Å². The highest BCUT2D eigenvalue weighted by Gasteiger charge is 2.24. The van der Waals surface area contributed by atoms with Crippen LogP contribution in [0, 0.1) is 11.6 Å². The van der Waals surface area contributed by atoms with Gasteiger partial charge in [0, 0.05) is 16.1 Å². The largest absolute Gasteiger partial charge is 0.394 e. The zero-order chi connectivity index (χ0) is 21.2. The van der Waals surface area contributed by atoms with Crippen molar-refractivity contribution in [3.63, 3.8) is 0 Å². The molecule has 0 radical (unpaired) electrons. The summed E-state index contributed by atoms with van der Waals surface area (Å²) in [5.41, 5.74) is 3.04. The van der Waals surface area contributed by atoms with Gasteiger partial charge in [-0.1, -0.05) is 20.7 Å². The Morgan fingerprint density at radius 3 is 2.52 bits per heavy atom. The summed E-state index contributed by atoms with van der Waals surface area (Å²) in [6, 6.07) is 1.05. The van der Waals surface area contributed by atoms with Crippen molar-refractivity contribution in [3.8, 4) is 0 Å². The van der Waals surface area contributed by atoms with Crippen molar-refractivity contribution in [3.05, 3.63) is 50.5 Å². The SMILES string of the molecule is O=C(NOCCO)c1cc(CNOCCO)c(F)c(F)c1NC1=C(F)C=IC=C1. The van der Waals surface area contributed by atoms with Crippen LogP contribution in [0.15, 0.2) is 27.7 Å². The fourth-order valence-corrected chi connectivity index (χ4v) is 3.56. The molecule has 160 valence electrons. The van der Waals surface area contributed by atoms with E-state index in [1.54, 1.807) is 4.08 Å². The first kappa shape index (κ1) is 23.4. The van der Waals surface area contributed by atoms with E-state index in [2.05, 4.69) is 10.8 Å². The standard InChI is InChI=1S/C17H19F3IN3O5/c18-12-8-21-2-1-13(12)23-16-11(17(27)24-29-6-4-26)7-10(14(19)15(16)20)9-22-28-5-3-25/h1-2,7-8,22-23,25-26H,3-6,9H2,(H,24,27). The first-order valence-electron chi connectivity index (χ1n) is 8.27. The van der Waals surface area contributed by atoms with Crippen LogP contribution in [-0.4, -0.2) is 46.6 Å². The monoisotopic (exact) mass is 529 g/mol. The van der Waals surface area contributed by atoms with Gasteiger partial charge in [0.05, 0.1) is 43.4 Å². The summed E-state index contributed by atoms with van der Waals surface area (Å²) < 4.78 is 46.3. The number of nitrogens with one attached hydrogen (secondary N) is 3. The van der Waals surface area contributed by atoms with E-state index in [1.807, 2.05) is 5.48 Å². The summed E-state index contributed by atoms with van der Waals surface area (Å²) in [6.45, 7) is -1.26. The minimum atomic E-state index is -1.40. The number of hydrogen-bond acceptors (Lipinski definition) is 7. The molecule has 5 N–H and O–H groups in total. The van der Waals surface area contributed by atoms with Gasteiger partial charge in [-0.3, -0.25) is 14.5 Å². The van der Waals surface area contributed by atoms with Crippen LogP contribution in [0.4, 0.5) is 18.9 Å². The van der Waals surface area contributed by atoms with Crippen molar-refractivity contribution in [2.24, 2.45) is 0 Å². The molecule has 0 unspecified atom stereocenters. The number of allylic oxidation sites excluding steroid dienone is 2. The van der Waals surface area contributed by atoms with Crippen LogP contribution in [0.5, 0.6) is 0 Å². The zero-order valence-corrected chi connectivity index (χ0v) is 17.1. The summed E-state index contributed by atoms with van der Waals surface area (Å²) >= 11 is -0.599. The molecule has 0 fully saturated rings. The molecule has 12 heteroatoms. The third kappa shape index (κ3) is 6.58. The van der Waals surface area contributed by atoms with Crippen LogP contribution in [0.3, 0.4) is 0 Å². The van der Waals surface area contributed by atoms with Crippen molar-refractivity contribution in [1.29, 1.82) is 0 Å². The van der Waals surface area contributed by atoms with Gasteiger partial charge in [-0.15, -0.1) is 0 Å². The lowest BCUT2D eigenvalue weighted by atomic mass is 10.1. The Balaban J connectivity index is 2.38. The highest BCUT2D eigenvalue weighted by Crippen LogP contribution is 2.29. The average molecular weight is 529 g/mol. The van der Waals surface area contributed by atoms with Crippen LogP contribution in [0.2, 0.25) is 0 Å². The quantitative estimate of drug-likeness (QED) is 0.168. The van der Waals surface area contributed by atoms with Gasteiger partial charge >= 0.3 is 0 Å². The lowest BCUT2D eigenvalue weighted by Gasteiger charge is -2.17. The molecule has 0 aliphatic carbocycles. The number of aliphatic hydroxyl groups excluding tert-OH is 2. The van der Waals surface area contributed by atoms with Gasteiger partial charge in [0.1, 0.15) is 0 Å². The van der Waals surface area contributed by atoms with E-state index in [1.165, 1.54) is 10.1 Å². The molecule has 29 heavy (non-hydrogen) atoms. The Morgan fingerprint density at radius 2 is 1.83 bits per heavy atom. The third-order valence-corrected chi connectivity index (χ3v) is 5.10. The summed E-state index contributed by atoms with van der Waals surface area (Å²) in [5, 5.41) is 19.8. The Morgan fingerprint density at radius 1 is 1.10 bits per heavy atom. The van der Waals surface area contributed by atoms with E-state index >= 15 is 0 Å². The van der Waals surface area contributed by atoms with Crippen LogP contribution in [0.25, 0.3) is 0 Å². The average Bonchev–Trinajstić information content (AvgIpc) is 2.71. The molecule has 1 aromatic carbocycles. The van der Waals surface area contributed by atoms with Gasteiger partial charge in [-0.2, -0.15) is 5.48 Å². The lowest BCUT2D eigenvalue weighted by Crippen LogP contribution is -2.27. The molecule has 1 amide bonds. The van der Waals surface area contributed by atoms with Crippen molar-refractivity contribution in [2.45, 2.75) is 6.54 Å². The summed E-state index contributed by atoms with van der Waals surface area (Å²) in [6.07, 6.45) is 1.39. The molecule has 1 aromatic rings. The van der Waals surface area contributed by atoms with E-state index in [-0.39, 0.29) is 49.8 Å². The molecule has 1 heterocycles. The number of halogens is 4. The molecule has 0 atom stereocenters. The second-order valence-electron chi connectivity index (χ2n) is 5.40. The topological polar surface area (TPSA) is 112 Å². The number of aliphatic hydroxyl groups is 2. The molecule has 0 aromatic heterocycles. The molecule has 0 saturated heterocycles. The second kappa shape index (κ2) is 12.0. The Bertz CT molecular complexity index is 833. The van der Waals surface area contributed by atoms with Crippen LogP contribution < -0.4 is 16.3 Å². The minimum absolute atomic E-state index is 0.0784. The minimum Gasteiger partial charge on any atom is -0.394 e. The highest BCUT2D eigenvalue weighted by molar-refractivity contribution is 14.2. The number of anilines is 1. The molecule has 1 aliphatic heterocycles. The molecule has 0 spiro atoms. The van der Waals surface area contributed by atoms with Gasteiger partial charge in [0.25, 0.3) is 5.91 Å².